The molecular weight excluding hydrogens is 372 g/mol. The standard InChI is InChI=1S/C17H14F4N2O2S/c18-13-4-5-16-15(9-13)11(10-22-16)6-7-23-26(24,25)14-3-1-2-12(8-14)17(19,20)21/h1-5,8-10,22-23H,6-7H2. The zero-order valence-corrected chi connectivity index (χ0v) is 14.1. The molecule has 2 N–H and O–H groups in total. The third-order valence-electron chi connectivity index (χ3n) is 3.89. The van der Waals surface area contributed by atoms with Gasteiger partial charge in [-0.05, 0) is 48.4 Å². The number of benzene rings is 2. The van der Waals surface area contributed by atoms with E-state index in [0.29, 0.717) is 22.5 Å². The Morgan fingerprint density at radius 1 is 1.08 bits per heavy atom. The molecule has 0 saturated carbocycles. The summed E-state index contributed by atoms with van der Waals surface area (Å²) < 4.78 is 78.2. The van der Waals surface area contributed by atoms with Gasteiger partial charge in [0.15, 0.2) is 0 Å². The van der Waals surface area contributed by atoms with Gasteiger partial charge in [0.2, 0.25) is 10.0 Å². The van der Waals surface area contributed by atoms with Gasteiger partial charge in [0.25, 0.3) is 0 Å². The van der Waals surface area contributed by atoms with E-state index in [1.54, 1.807) is 12.3 Å². The molecule has 4 nitrogen and oxygen atoms in total. The first-order valence-electron chi connectivity index (χ1n) is 7.59. The van der Waals surface area contributed by atoms with E-state index in [0.717, 1.165) is 18.2 Å². The molecule has 0 bridgehead atoms. The third-order valence-corrected chi connectivity index (χ3v) is 5.35. The molecule has 0 spiro atoms. The maximum Gasteiger partial charge on any atom is 0.416 e. The molecule has 0 saturated heterocycles. The van der Waals surface area contributed by atoms with Crippen LogP contribution in [-0.4, -0.2) is 19.9 Å². The van der Waals surface area contributed by atoms with Crippen molar-refractivity contribution >= 4 is 20.9 Å². The van der Waals surface area contributed by atoms with E-state index in [2.05, 4.69) is 9.71 Å². The van der Waals surface area contributed by atoms with Crippen molar-refractivity contribution in [3.63, 3.8) is 0 Å². The van der Waals surface area contributed by atoms with E-state index in [-0.39, 0.29) is 13.0 Å². The highest BCUT2D eigenvalue weighted by Crippen LogP contribution is 2.30. The van der Waals surface area contributed by atoms with Gasteiger partial charge in [0, 0.05) is 23.6 Å². The average Bonchev–Trinajstić information content (AvgIpc) is 2.96. The molecule has 9 heteroatoms. The predicted molar refractivity (Wildman–Crippen MR) is 88.6 cm³/mol. The first kappa shape index (κ1) is 18.4. The SMILES string of the molecule is O=S(=O)(NCCc1c[nH]c2ccc(F)cc12)c1cccc(C(F)(F)F)c1. The monoisotopic (exact) mass is 386 g/mol. The summed E-state index contributed by atoms with van der Waals surface area (Å²) in [6, 6.07) is 7.74. The van der Waals surface area contributed by atoms with E-state index in [4.69, 9.17) is 0 Å². The summed E-state index contributed by atoms with van der Waals surface area (Å²) in [7, 11) is -4.09. The zero-order valence-electron chi connectivity index (χ0n) is 13.3. The number of aromatic nitrogens is 1. The van der Waals surface area contributed by atoms with Gasteiger partial charge < -0.3 is 4.98 Å². The molecule has 0 aliphatic rings. The summed E-state index contributed by atoms with van der Waals surface area (Å²) in [6.45, 7) is -0.0396. The van der Waals surface area contributed by atoms with Crippen LogP contribution in [0.4, 0.5) is 17.6 Å². The Hall–Kier alpha value is -2.39. The molecule has 1 aromatic heterocycles. The van der Waals surface area contributed by atoms with Gasteiger partial charge in [-0.25, -0.2) is 17.5 Å². The van der Waals surface area contributed by atoms with Crippen LogP contribution in [-0.2, 0) is 22.6 Å². The molecule has 3 aromatic rings. The maximum absolute atomic E-state index is 13.3. The number of hydrogen-bond donors (Lipinski definition) is 2. The second-order valence-electron chi connectivity index (χ2n) is 5.68. The van der Waals surface area contributed by atoms with E-state index < -0.39 is 32.5 Å². The highest BCUT2D eigenvalue weighted by molar-refractivity contribution is 7.89. The van der Waals surface area contributed by atoms with Crippen LogP contribution in [0.5, 0.6) is 0 Å². The second kappa shape index (κ2) is 6.73. The molecule has 138 valence electrons. The molecule has 0 aliphatic carbocycles. The number of rotatable bonds is 5. The lowest BCUT2D eigenvalue weighted by Gasteiger charge is -2.10. The fourth-order valence-electron chi connectivity index (χ4n) is 2.60. The molecule has 0 aliphatic heterocycles. The zero-order chi connectivity index (χ0) is 18.9. The fraction of sp³-hybridized carbons (Fsp3) is 0.176. The summed E-state index contributed by atoms with van der Waals surface area (Å²) in [5.41, 5.74) is 0.376. The lowest BCUT2D eigenvalue weighted by molar-refractivity contribution is -0.137. The van der Waals surface area contributed by atoms with Crippen LogP contribution < -0.4 is 4.72 Å². The Morgan fingerprint density at radius 2 is 1.85 bits per heavy atom. The van der Waals surface area contributed by atoms with Gasteiger partial charge in [0.1, 0.15) is 5.82 Å². The highest BCUT2D eigenvalue weighted by atomic mass is 32.2. The van der Waals surface area contributed by atoms with Gasteiger partial charge in [-0.3, -0.25) is 0 Å². The number of fused-ring (bicyclic) bond motifs is 1. The summed E-state index contributed by atoms with van der Waals surface area (Å²) >= 11 is 0. The number of nitrogens with one attached hydrogen (secondary N) is 2. The van der Waals surface area contributed by atoms with Crippen molar-refractivity contribution < 1.29 is 26.0 Å². The van der Waals surface area contributed by atoms with Gasteiger partial charge >= 0.3 is 6.18 Å². The van der Waals surface area contributed by atoms with Crippen molar-refractivity contribution in [3.05, 3.63) is 65.6 Å². The topological polar surface area (TPSA) is 62.0 Å². The molecular formula is C17H14F4N2O2S. The van der Waals surface area contributed by atoms with Crippen LogP contribution in [0.3, 0.4) is 0 Å². The van der Waals surface area contributed by atoms with Crippen molar-refractivity contribution in [1.82, 2.24) is 9.71 Å². The van der Waals surface area contributed by atoms with Crippen LogP contribution in [0.2, 0.25) is 0 Å². The fourth-order valence-corrected chi connectivity index (χ4v) is 3.68. The Labute approximate surface area is 146 Å². The predicted octanol–water partition coefficient (Wildman–Crippen LogP) is 3.85. The highest BCUT2D eigenvalue weighted by Gasteiger charge is 2.31. The van der Waals surface area contributed by atoms with E-state index >= 15 is 0 Å². The maximum atomic E-state index is 13.3. The normalized spacial score (nSPS) is 12.6. The van der Waals surface area contributed by atoms with E-state index in [1.165, 1.54) is 12.1 Å². The summed E-state index contributed by atoms with van der Waals surface area (Å²) in [5.74, 6) is -0.414. The van der Waals surface area contributed by atoms with E-state index in [9.17, 15) is 26.0 Å². The molecule has 0 amide bonds. The van der Waals surface area contributed by atoms with E-state index in [1.807, 2.05) is 0 Å². The van der Waals surface area contributed by atoms with Crippen molar-refractivity contribution in [2.45, 2.75) is 17.5 Å². The molecule has 0 unspecified atom stereocenters. The minimum atomic E-state index is -4.63. The molecule has 0 fully saturated rings. The van der Waals surface area contributed by atoms with Crippen LogP contribution in [0.1, 0.15) is 11.1 Å². The lowest BCUT2D eigenvalue weighted by atomic mass is 10.1. The van der Waals surface area contributed by atoms with Crippen LogP contribution in [0.15, 0.2) is 53.6 Å². The van der Waals surface area contributed by atoms with Crippen molar-refractivity contribution in [3.8, 4) is 0 Å². The van der Waals surface area contributed by atoms with Gasteiger partial charge in [-0.1, -0.05) is 6.07 Å². The number of sulfonamides is 1. The van der Waals surface area contributed by atoms with Crippen LogP contribution in [0.25, 0.3) is 10.9 Å². The number of alkyl halides is 3. The number of aromatic amines is 1. The quantitative estimate of drug-likeness (QED) is 0.655. The Balaban J connectivity index is 1.73. The Morgan fingerprint density at radius 3 is 2.58 bits per heavy atom. The van der Waals surface area contributed by atoms with Gasteiger partial charge in [-0.15, -0.1) is 0 Å². The number of hydrogen-bond acceptors (Lipinski definition) is 2. The minimum Gasteiger partial charge on any atom is -0.361 e. The Bertz CT molecular complexity index is 1040. The summed E-state index contributed by atoms with van der Waals surface area (Å²) in [5, 5.41) is 0.628. The second-order valence-corrected chi connectivity index (χ2v) is 7.44. The summed E-state index contributed by atoms with van der Waals surface area (Å²) in [4.78, 5) is 2.49. The first-order valence-corrected chi connectivity index (χ1v) is 9.07. The summed E-state index contributed by atoms with van der Waals surface area (Å²) in [6.07, 6.45) is -2.73. The van der Waals surface area contributed by atoms with Crippen LogP contribution >= 0.6 is 0 Å². The third kappa shape index (κ3) is 3.88. The molecule has 0 atom stereocenters. The molecule has 3 rings (SSSR count). The molecule has 0 radical (unpaired) electrons. The Kier molecular flexibility index (Phi) is 4.76. The van der Waals surface area contributed by atoms with Crippen molar-refractivity contribution in [2.24, 2.45) is 0 Å². The molecule has 1 heterocycles. The van der Waals surface area contributed by atoms with Gasteiger partial charge in [0.05, 0.1) is 10.5 Å². The molecule has 2 aromatic carbocycles. The lowest BCUT2D eigenvalue weighted by Crippen LogP contribution is -2.26. The van der Waals surface area contributed by atoms with Crippen LogP contribution in [0, 0.1) is 5.82 Å². The smallest absolute Gasteiger partial charge is 0.361 e. The average molecular weight is 386 g/mol. The van der Waals surface area contributed by atoms with Crippen molar-refractivity contribution in [1.29, 1.82) is 0 Å². The first-order chi connectivity index (χ1) is 12.2. The van der Waals surface area contributed by atoms with Gasteiger partial charge in [-0.2, -0.15) is 13.2 Å². The largest absolute Gasteiger partial charge is 0.416 e. The number of H-pyrrole nitrogens is 1. The van der Waals surface area contributed by atoms with Crippen molar-refractivity contribution in [2.75, 3.05) is 6.54 Å². The number of halogens is 4. The molecule has 26 heavy (non-hydrogen) atoms. The minimum absolute atomic E-state index is 0.0396.